The molecule has 150 valence electrons. The normalized spacial score (nSPS) is 25.6. The van der Waals surface area contributed by atoms with E-state index in [9.17, 15) is 14.0 Å². The van der Waals surface area contributed by atoms with Crippen LogP contribution in [0.5, 0.6) is 0 Å². The number of ether oxygens (including phenoxy) is 3. The average molecular weight is 415 g/mol. The van der Waals surface area contributed by atoms with Crippen molar-refractivity contribution in [3.8, 4) is 0 Å². The van der Waals surface area contributed by atoms with Crippen LogP contribution < -0.4 is 0 Å². The van der Waals surface area contributed by atoms with Gasteiger partial charge in [0.2, 0.25) is 0 Å². The summed E-state index contributed by atoms with van der Waals surface area (Å²) in [4.78, 5) is 29.4. The molecule has 0 N–H and O–H groups in total. The Kier molecular flexibility index (Phi) is 5.92. The van der Waals surface area contributed by atoms with Crippen LogP contribution in [0.15, 0.2) is 65.7 Å². The number of rotatable bonds is 5. The molecule has 0 aromatic heterocycles. The van der Waals surface area contributed by atoms with Crippen LogP contribution in [0.25, 0.3) is 0 Å². The molecule has 0 radical (unpaired) electrons. The van der Waals surface area contributed by atoms with Gasteiger partial charge in [0.1, 0.15) is 23.2 Å². The number of hydrogen-bond acceptors (Lipinski definition) is 7. The number of carbonyl (C=O) groups excluding carboxylic acids is 2. The second kappa shape index (κ2) is 8.75. The molecule has 4 unspecified atom stereocenters. The van der Waals surface area contributed by atoms with E-state index in [4.69, 9.17) is 14.2 Å². The molecular formula is C21H18FNO5S. The molecule has 1 fully saturated rings. The zero-order chi connectivity index (χ0) is 20.2. The number of aliphatic imine (C=N–C) groups is 1. The number of fused-ring (bicyclic) bond motifs is 1. The SMILES string of the molecule is O=C(OC1COC2SC(CF)=NC2C1OC(=O)c1ccccc1)c1ccccc1. The van der Waals surface area contributed by atoms with Crippen LogP contribution in [0, 0.1) is 0 Å². The Morgan fingerprint density at radius 1 is 1.00 bits per heavy atom. The van der Waals surface area contributed by atoms with E-state index < -0.39 is 42.3 Å². The smallest absolute Gasteiger partial charge is 0.338 e. The Balaban J connectivity index is 1.56. The van der Waals surface area contributed by atoms with Crippen molar-refractivity contribution >= 4 is 28.7 Å². The summed E-state index contributed by atoms with van der Waals surface area (Å²) >= 11 is 1.16. The van der Waals surface area contributed by atoms with E-state index in [0.29, 0.717) is 11.1 Å². The molecule has 8 heteroatoms. The molecule has 2 aromatic rings. The Morgan fingerprint density at radius 3 is 2.17 bits per heavy atom. The van der Waals surface area contributed by atoms with Crippen molar-refractivity contribution in [1.29, 1.82) is 0 Å². The summed E-state index contributed by atoms with van der Waals surface area (Å²) < 4.78 is 30.1. The minimum atomic E-state index is -0.884. The fourth-order valence-corrected chi connectivity index (χ4v) is 4.20. The summed E-state index contributed by atoms with van der Waals surface area (Å²) in [5, 5.41) is 0.274. The van der Waals surface area contributed by atoms with Gasteiger partial charge in [-0.05, 0) is 24.3 Å². The molecule has 2 aliphatic heterocycles. The molecule has 0 saturated carbocycles. The minimum absolute atomic E-state index is 0.0224. The molecular weight excluding hydrogens is 397 g/mol. The van der Waals surface area contributed by atoms with Crippen molar-refractivity contribution in [1.82, 2.24) is 0 Å². The zero-order valence-electron chi connectivity index (χ0n) is 15.3. The van der Waals surface area contributed by atoms with Crippen LogP contribution in [0.2, 0.25) is 0 Å². The van der Waals surface area contributed by atoms with Crippen molar-refractivity contribution < 1.29 is 28.2 Å². The van der Waals surface area contributed by atoms with E-state index in [-0.39, 0.29) is 11.7 Å². The lowest BCUT2D eigenvalue weighted by Gasteiger charge is -2.36. The van der Waals surface area contributed by atoms with Crippen molar-refractivity contribution in [2.45, 2.75) is 23.7 Å². The quantitative estimate of drug-likeness (QED) is 0.698. The summed E-state index contributed by atoms with van der Waals surface area (Å²) in [5.41, 5.74) is 0.251. The van der Waals surface area contributed by atoms with Crippen LogP contribution in [0.1, 0.15) is 20.7 Å². The maximum absolute atomic E-state index is 13.1. The third-order valence-electron chi connectivity index (χ3n) is 4.59. The van der Waals surface area contributed by atoms with Crippen molar-refractivity contribution in [3.63, 3.8) is 0 Å². The first-order valence-corrected chi connectivity index (χ1v) is 9.96. The molecule has 4 rings (SSSR count). The molecule has 0 amide bonds. The van der Waals surface area contributed by atoms with Crippen molar-refractivity contribution in [3.05, 3.63) is 71.8 Å². The fourth-order valence-electron chi connectivity index (χ4n) is 3.19. The second-order valence-electron chi connectivity index (χ2n) is 6.51. The Labute approximate surface area is 171 Å². The van der Waals surface area contributed by atoms with E-state index >= 15 is 0 Å². The molecule has 0 bridgehead atoms. The summed E-state index contributed by atoms with van der Waals surface area (Å²) in [7, 11) is 0. The van der Waals surface area contributed by atoms with Gasteiger partial charge in [-0.3, -0.25) is 4.99 Å². The van der Waals surface area contributed by atoms with Gasteiger partial charge in [0, 0.05) is 0 Å². The number of alkyl halides is 1. The summed E-state index contributed by atoms with van der Waals surface area (Å²) in [6.45, 7) is -0.705. The molecule has 29 heavy (non-hydrogen) atoms. The van der Waals surface area contributed by atoms with Crippen LogP contribution in [0.4, 0.5) is 4.39 Å². The van der Waals surface area contributed by atoms with Gasteiger partial charge in [-0.2, -0.15) is 0 Å². The van der Waals surface area contributed by atoms with Gasteiger partial charge in [-0.25, -0.2) is 14.0 Å². The number of benzene rings is 2. The largest absolute Gasteiger partial charge is 0.452 e. The first-order chi connectivity index (χ1) is 14.2. The van der Waals surface area contributed by atoms with Gasteiger partial charge < -0.3 is 14.2 Å². The minimum Gasteiger partial charge on any atom is -0.452 e. The topological polar surface area (TPSA) is 74.2 Å². The fraction of sp³-hybridized carbons (Fsp3) is 0.286. The van der Waals surface area contributed by atoms with Crippen LogP contribution in [-0.2, 0) is 14.2 Å². The Morgan fingerprint density at radius 2 is 1.59 bits per heavy atom. The first-order valence-electron chi connectivity index (χ1n) is 9.08. The van der Waals surface area contributed by atoms with E-state index in [1.807, 2.05) is 0 Å². The van der Waals surface area contributed by atoms with Gasteiger partial charge in [0.05, 0.1) is 17.7 Å². The lowest BCUT2D eigenvalue weighted by atomic mass is 10.0. The molecule has 1 saturated heterocycles. The first kappa shape index (κ1) is 19.6. The highest BCUT2D eigenvalue weighted by molar-refractivity contribution is 8.14. The van der Waals surface area contributed by atoms with E-state index in [1.165, 1.54) is 0 Å². The molecule has 0 aliphatic carbocycles. The molecule has 2 heterocycles. The highest BCUT2D eigenvalue weighted by Crippen LogP contribution is 2.37. The second-order valence-corrected chi connectivity index (χ2v) is 7.68. The van der Waals surface area contributed by atoms with Crippen molar-refractivity contribution in [2.75, 3.05) is 13.3 Å². The standard InChI is InChI=1S/C21H18FNO5S/c22-11-16-23-17-18(28-20(25)14-9-5-2-6-10-14)15(12-26-21(17)29-16)27-19(24)13-7-3-1-4-8-13/h1-10,15,17-18,21H,11-12H2. The van der Waals surface area contributed by atoms with Gasteiger partial charge in [-0.1, -0.05) is 48.2 Å². The maximum atomic E-state index is 13.1. The third kappa shape index (κ3) is 4.33. The molecule has 2 aliphatic rings. The third-order valence-corrected chi connectivity index (χ3v) is 5.72. The van der Waals surface area contributed by atoms with E-state index in [2.05, 4.69) is 4.99 Å². The highest BCUT2D eigenvalue weighted by atomic mass is 32.2. The van der Waals surface area contributed by atoms with Crippen LogP contribution in [0.3, 0.4) is 0 Å². The highest BCUT2D eigenvalue weighted by Gasteiger charge is 2.48. The average Bonchev–Trinajstić information content (AvgIpc) is 3.20. The summed E-state index contributed by atoms with van der Waals surface area (Å²) in [6.07, 6.45) is -1.74. The summed E-state index contributed by atoms with van der Waals surface area (Å²) in [5.74, 6) is -1.12. The van der Waals surface area contributed by atoms with Gasteiger partial charge >= 0.3 is 11.9 Å². The number of esters is 2. The van der Waals surface area contributed by atoms with E-state index in [0.717, 1.165) is 11.8 Å². The monoisotopic (exact) mass is 415 g/mol. The molecule has 6 nitrogen and oxygen atoms in total. The van der Waals surface area contributed by atoms with Gasteiger partial charge in [-0.15, -0.1) is 0 Å². The number of nitrogens with zero attached hydrogens (tertiary/aromatic N) is 1. The van der Waals surface area contributed by atoms with Crippen LogP contribution in [-0.4, -0.2) is 53.9 Å². The van der Waals surface area contributed by atoms with Crippen LogP contribution >= 0.6 is 11.8 Å². The Hall–Kier alpha value is -2.71. The summed E-state index contributed by atoms with van der Waals surface area (Å²) in [6, 6.07) is 16.3. The van der Waals surface area contributed by atoms with Gasteiger partial charge in [0.15, 0.2) is 12.2 Å². The number of hydrogen-bond donors (Lipinski definition) is 0. The predicted octanol–water partition coefficient (Wildman–Crippen LogP) is 3.28. The van der Waals surface area contributed by atoms with E-state index in [1.54, 1.807) is 60.7 Å². The van der Waals surface area contributed by atoms with Gasteiger partial charge in [0.25, 0.3) is 0 Å². The molecule has 4 atom stereocenters. The molecule has 2 aromatic carbocycles. The lowest BCUT2D eigenvalue weighted by molar-refractivity contribution is -0.117. The Bertz CT molecular complexity index is 908. The van der Waals surface area contributed by atoms with Crippen molar-refractivity contribution in [2.24, 2.45) is 4.99 Å². The molecule has 0 spiro atoms. The predicted molar refractivity (Wildman–Crippen MR) is 106 cm³/mol. The zero-order valence-corrected chi connectivity index (χ0v) is 16.1. The lowest BCUT2D eigenvalue weighted by Crippen LogP contribution is -2.53. The number of halogens is 1. The number of thioether (sulfide) groups is 1. The maximum Gasteiger partial charge on any atom is 0.338 e. The number of carbonyl (C=O) groups is 2.